The first-order valence-corrected chi connectivity index (χ1v) is 9.59. The molecule has 0 unspecified atom stereocenters. The SMILES string of the molecule is O=C(NCc1cccnc1)c1ccc(CNc2nc(=S)[nH]c3ccccc23)cc1. The Bertz CT molecular complexity index is 1190. The Morgan fingerprint density at radius 3 is 2.59 bits per heavy atom. The predicted molar refractivity (Wildman–Crippen MR) is 116 cm³/mol. The number of fused-ring (bicyclic) bond motifs is 1. The second-order valence-corrected chi connectivity index (χ2v) is 6.92. The molecule has 7 heteroatoms. The second-order valence-electron chi connectivity index (χ2n) is 6.53. The fraction of sp³-hybridized carbons (Fsp3) is 0.0909. The first-order chi connectivity index (χ1) is 14.2. The van der Waals surface area contributed by atoms with Crippen molar-refractivity contribution in [3.8, 4) is 0 Å². The number of H-pyrrole nitrogens is 1. The van der Waals surface area contributed by atoms with Crippen LogP contribution in [-0.2, 0) is 13.1 Å². The summed E-state index contributed by atoms with van der Waals surface area (Å²) in [6.45, 7) is 1.02. The first-order valence-electron chi connectivity index (χ1n) is 9.18. The van der Waals surface area contributed by atoms with Gasteiger partial charge in [0, 0.05) is 36.4 Å². The number of para-hydroxylation sites is 1. The van der Waals surface area contributed by atoms with Gasteiger partial charge < -0.3 is 15.6 Å². The van der Waals surface area contributed by atoms with Crippen LogP contribution in [0, 0.1) is 4.77 Å². The van der Waals surface area contributed by atoms with Gasteiger partial charge in [0.15, 0.2) is 4.77 Å². The summed E-state index contributed by atoms with van der Waals surface area (Å²) in [7, 11) is 0. The maximum atomic E-state index is 12.3. The van der Waals surface area contributed by atoms with Crippen molar-refractivity contribution in [3.05, 3.63) is 94.5 Å². The summed E-state index contributed by atoms with van der Waals surface area (Å²) in [4.78, 5) is 23.8. The van der Waals surface area contributed by atoms with Gasteiger partial charge in [0.1, 0.15) is 5.82 Å². The summed E-state index contributed by atoms with van der Waals surface area (Å²) < 4.78 is 0.437. The van der Waals surface area contributed by atoms with E-state index in [2.05, 4.69) is 25.6 Å². The van der Waals surface area contributed by atoms with Crippen LogP contribution in [-0.4, -0.2) is 20.9 Å². The van der Waals surface area contributed by atoms with Gasteiger partial charge in [0.2, 0.25) is 0 Å². The number of rotatable bonds is 6. The van der Waals surface area contributed by atoms with Gasteiger partial charge in [0.05, 0.1) is 5.52 Å². The number of nitrogens with one attached hydrogen (secondary N) is 3. The predicted octanol–water partition coefficient (Wildman–Crippen LogP) is 4.23. The molecule has 6 nitrogen and oxygen atoms in total. The fourth-order valence-corrected chi connectivity index (χ4v) is 3.19. The van der Waals surface area contributed by atoms with Crippen LogP contribution in [0.15, 0.2) is 73.1 Å². The minimum absolute atomic E-state index is 0.115. The van der Waals surface area contributed by atoms with Crippen molar-refractivity contribution in [1.82, 2.24) is 20.3 Å². The van der Waals surface area contributed by atoms with Gasteiger partial charge >= 0.3 is 0 Å². The third-order valence-corrected chi connectivity index (χ3v) is 4.68. The fourth-order valence-electron chi connectivity index (χ4n) is 2.99. The van der Waals surface area contributed by atoms with E-state index in [4.69, 9.17) is 12.2 Å². The maximum Gasteiger partial charge on any atom is 0.251 e. The normalized spacial score (nSPS) is 10.6. The molecular formula is C22H19N5OS. The average Bonchev–Trinajstić information content (AvgIpc) is 2.77. The number of aromatic amines is 1. The van der Waals surface area contributed by atoms with Crippen molar-refractivity contribution in [3.63, 3.8) is 0 Å². The Kier molecular flexibility index (Phi) is 5.58. The van der Waals surface area contributed by atoms with Gasteiger partial charge in [-0.1, -0.05) is 30.3 Å². The number of hydrogen-bond acceptors (Lipinski definition) is 5. The lowest BCUT2D eigenvalue weighted by molar-refractivity contribution is 0.0951. The van der Waals surface area contributed by atoms with Crippen LogP contribution < -0.4 is 10.6 Å². The van der Waals surface area contributed by atoms with Crippen molar-refractivity contribution in [2.75, 3.05) is 5.32 Å². The molecule has 144 valence electrons. The standard InChI is InChI=1S/C22H19N5OS/c28-21(25-14-16-4-3-11-23-12-16)17-9-7-15(8-10-17)13-24-20-18-5-1-2-6-19(18)26-22(29)27-20/h1-12H,13-14H2,(H,25,28)(H2,24,26,27,29). The summed E-state index contributed by atoms with van der Waals surface area (Å²) in [6, 6.07) is 19.1. The number of pyridine rings is 1. The highest BCUT2D eigenvalue weighted by atomic mass is 32.1. The maximum absolute atomic E-state index is 12.3. The number of carbonyl (C=O) groups is 1. The minimum atomic E-state index is -0.115. The highest BCUT2D eigenvalue weighted by Gasteiger charge is 2.07. The molecule has 0 fully saturated rings. The lowest BCUT2D eigenvalue weighted by Crippen LogP contribution is -2.22. The number of nitrogens with zero attached hydrogens (tertiary/aromatic N) is 2. The number of aromatic nitrogens is 3. The van der Waals surface area contributed by atoms with Gasteiger partial charge in [-0.15, -0.1) is 0 Å². The molecule has 29 heavy (non-hydrogen) atoms. The number of benzene rings is 2. The zero-order chi connectivity index (χ0) is 20.1. The van der Waals surface area contributed by atoms with Crippen molar-refractivity contribution >= 4 is 34.8 Å². The lowest BCUT2D eigenvalue weighted by atomic mass is 10.1. The van der Waals surface area contributed by atoms with E-state index < -0.39 is 0 Å². The Morgan fingerprint density at radius 2 is 1.79 bits per heavy atom. The highest BCUT2D eigenvalue weighted by Crippen LogP contribution is 2.19. The van der Waals surface area contributed by atoms with Gasteiger partial charge in [-0.25, -0.2) is 4.98 Å². The summed E-state index contributed by atoms with van der Waals surface area (Å²) >= 11 is 5.21. The van der Waals surface area contributed by atoms with Crippen molar-refractivity contribution in [2.45, 2.75) is 13.1 Å². The Balaban J connectivity index is 1.40. The summed E-state index contributed by atoms with van der Waals surface area (Å²) in [5.41, 5.74) is 3.56. The van der Waals surface area contributed by atoms with E-state index in [-0.39, 0.29) is 5.91 Å². The number of carbonyl (C=O) groups excluding carboxylic acids is 1. The largest absolute Gasteiger partial charge is 0.365 e. The van der Waals surface area contributed by atoms with Gasteiger partial charge in [-0.2, -0.15) is 0 Å². The number of hydrogen-bond donors (Lipinski definition) is 3. The average molecular weight is 401 g/mol. The van der Waals surface area contributed by atoms with Crippen molar-refractivity contribution in [1.29, 1.82) is 0 Å². The van der Waals surface area contributed by atoms with E-state index in [0.29, 0.717) is 23.4 Å². The van der Waals surface area contributed by atoms with E-state index in [9.17, 15) is 4.79 Å². The molecule has 2 heterocycles. The lowest BCUT2D eigenvalue weighted by Gasteiger charge is -2.10. The molecule has 0 spiro atoms. The van der Waals surface area contributed by atoms with E-state index >= 15 is 0 Å². The van der Waals surface area contributed by atoms with E-state index in [1.165, 1.54) is 0 Å². The molecular weight excluding hydrogens is 382 g/mol. The van der Waals surface area contributed by atoms with Gasteiger partial charge in [-0.05, 0) is 53.7 Å². The van der Waals surface area contributed by atoms with Crippen molar-refractivity contribution < 1.29 is 4.79 Å². The molecule has 0 radical (unpaired) electrons. The number of amides is 1. The van der Waals surface area contributed by atoms with Gasteiger partial charge in [0.25, 0.3) is 5.91 Å². The zero-order valence-electron chi connectivity index (χ0n) is 15.6. The van der Waals surface area contributed by atoms with Crippen LogP contribution in [0.2, 0.25) is 0 Å². The molecule has 3 N–H and O–H groups in total. The summed E-state index contributed by atoms with van der Waals surface area (Å²) in [6.07, 6.45) is 3.45. The van der Waals surface area contributed by atoms with E-state index in [1.54, 1.807) is 12.4 Å². The van der Waals surface area contributed by atoms with Crippen molar-refractivity contribution in [2.24, 2.45) is 0 Å². The molecule has 2 aromatic heterocycles. The third-order valence-electron chi connectivity index (χ3n) is 4.49. The zero-order valence-corrected chi connectivity index (χ0v) is 16.4. The smallest absolute Gasteiger partial charge is 0.251 e. The third kappa shape index (κ3) is 4.64. The molecule has 1 amide bonds. The first kappa shape index (κ1) is 18.8. The molecule has 2 aromatic carbocycles. The monoisotopic (exact) mass is 401 g/mol. The molecule has 0 aliphatic rings. The molecule has 0 saturated carbocycles. The number of anilines is 1. The highest BCUT2D eigenvalue weighted by molar-refractivity contribution is 7.71. The molecule has 0 aliphatic carbocycles. The van der Waals surface area contributed by atoms with E-state index in [1.807, 2.05) is 60.7 Å². The Hall–Kier alpha value is -3.58. The summed E-state index contributed by atoms with van der Waals surface area (Å²) in [5.74, 6) is 0.623. The minimum Gasteiger partial charge on any atom is -0.365 e. The molecule has 0 atom stereocenters. The quantitative estimate of drug-likeness (QED) is 0.421. The van der Waals surface area contributed by atoms with Crippen LogP contribution in [0.3, 0.4) is 0 Å². The Morgan fingerprint density at radius 1 is 0.966 bits per heavy atom. The Labute approximate surface area is 173 Å². The summed E-state index contributed by atoms with van der Waals surface area (Å²) in [5, 5.41) is 7.21. The molecule has 0 bridgehead atoms. The molecule has 0 saturated heterocycles. The topological polar surface area (TPSA) is 82.7 Å². The second kappa shape index (κ2) is 8.62. The van der Waals surface area contributed by atoms with Crippen LogP contribution in [0.4, 0.5) is 5.82 Å². The van der Waals surface area contributed by atoms with Gasteiger partial charge in [-0.3, -0.25) is 9.78 Å². The molecule has 4 rings (SSSR count). The van der Waals surface area contributed by atoms with E-state index in [0.717, 1.165) is 27.8 Å². The van der Waals surface area contributed by atoms with Crippen LogP contribution in [0.1, 0.15) is 21.5 Å². The van der Waals surface area contributed by atoms with Crippen LogP contribution >= 0.6 is 12.2 Å². The van der Waals surface area contributed by atoms with Crippen LogP contribution in [0.5, 0.6) is 0 Å². The molecule has 0 aliphatic heterocycles. The van der Waals surface area contributed by atoms with Crippen LogP contribution in [0.25, 0.3) is 10.9 Å². The molecule has 4 aromatic rings.